The lowest BCUT2D eigenvalue weighted by Gasteiger charge is -2.28. The SMILES string of the molecule is CCc1ccc(CN(C(=O)CCl)C2CCCC2)cc1. The average molecular weight is 280 g/mol. The molecule has 2 rings (SSSR count). The van der Waals surface area contributed by atoms with Crippen LogP contribution in [0, 0.1) is 0 Å². The predicted octanol–water partition coefficient (Wildman–Crippen LogP) is 3.76. The van der Waals surface area contributed by atoms with Gasteiger partial charge >= 0.3 is 0 Å². The summed E-state index contributed by atoms with van der Waals surface area (Å²) in [4.78, 5) is 14.0. The molecule has 0 radical (unpaired) electrons. The van der Waals surface area contributed by atoms with E-state index in [-0.39, 0.29) is 11.8 Å². The number of hydrogen-bond acceptors (Lipinski definition) is 1. The Morgan fingerprint density at radius 3 is 2.32 bits per heavy atom. The van der Waals surface area contributed by atoms with E-state index in [2.05, 4.69) is 31.2 Å². The third-order valence-electron chi connectivity index (χ3n) is 3.98. The van der Waals surface area contributed by atoms with Gasteiger partial charge in [-0.2, -0.15) is 0 Å². The number of halogens is 1. The molecule has 1 saturated carbocycles. The van der Waals surface area contributed by atoms with E-state index in [1.807, 2.05) is 4.90 Å². The summed E-state index contributed by atoms with van der Waals surface area (Å²) < 4.78 is 0. The second kappa shape index (κ2) is 6.95. The highest BCUT2D eigenvalue weighted by atomic mass is 35.5. The smallest absolute Gasteiger partial charge is 0.238 e. The first kappa shape index (κ1) is 14.4. The zero-order valence-corrected chi connectivity index (χ0v) is 12.3. The summed E-state index contributed by atoms with van der Waals surface area (Å²) in [6, 6.07) is 8.93. The van der Waals surface area contributed by atoms with Crippen LogP contribution < -0.4 is 0 Å². The number of amides is 1. The molecule has 0 bridgehead atoms. The van der Waals surface area contributed by atoms with Crippen molar-refractivity contribution in [3.05, 3.63) is 35.4 Å². The van der Waals surface area contributed by atoms with E-state index in [1.165, 1.54) is 24.0 Å². The summed E-state index contributed by atoms with van der Waals surface area (Å²) in [7, 11) is 0. The zero-order chi connectivity index (χ0) is 13.7. The van der Waals surface area contributed by atoms with Gasteiger partial charge in [-0.1, -0.05) is 44.0 Å². The molecule has 1 fully saturated rings. The fraction of sp³-hybridized carbons (Fsp3) is 0.562. The van der Waals surface area contributed by atoms with Crippen LogP contribution in [0.3, 0.4) is 0 Å². The number of benzene rings is 1. The minimum Gasteiger partial charge on any atom is -0.334 e. The minimum atomic E-state index is 0.0631. The highest BCUT2D eigenvalue weighted by Crippen LogP contribution is 2.25. The summed E-state index contributed by atoms with van der Waals surface area (Å²) in [6.07, 6.45) is 5.75. The van der Waals surface area contributed by atoms with Crippen LogP contribution in [0.25, 0.3) is 0 Å². The van der Waals surface area contributed by atoms with Crippen LogP contribution >= 0.6 is 11.6 Å². The summed E-state index contributed by atoms with van der Waals surface area (Å²) in [5.74, 6) is 0.150. The van der Waals surface area contributed by atoms with Gasteiger partial charge in [-0.25, -0.2) is 0 Å². The van der Waals surface area contributed by atoms with E-state index in [4.69, 9.17) is 11.6 Å². The quantitative estimate of drug-likeness (QED) is 0.752. The molecule has 0 aliphatic heterocycles. The Labute approximate surface area is 120 Å². The Kier molecular flexibility index (Phi) is 5.26. The van der Waals surface area contributed by atoms with E-state index < -0.39 is 0 Å². The number of carbonyl (C=O) groups is 1. The molecule has 0 N–H and O–H groups in total. The van der Waals surface area contributed by atoms with E-state index in [9.17, 15) is 4.79 Å². The Hall–Kier alpha value is -1.02. The summed E-state index contributed by atoms with van der Waals surface area (Å²) in [5, 5.41) is 0. The largest absolute Gasteiger partial charge is 0.334 e. The first-order valence-corrected chi connectivity index (χ1v) is 7.71. The van der Waals surface area contributed by atoms with Gasteiger partial charge in [0.05, 0.1) is 0 Å². The van der Waals surface area contributed by atoms with Gasteiger partial charge in [-0.05, 0) is 30.4 Å². The molecule has 1 amide bonds. The Morgan fingerprint density at radius 1 is 1.21 bits per heavy atom. The molecule has 1 aliphatic rings. The maximum Gasteiger partial charge on any atom is 0.238 e. The highest BCUT2D eigenvalue weighted by Gasteiger charge is 2.25. The number of carbonyl (C=O) groups excluding carboxylic acids is 1. The van der Waals surface area contributed by atoms with Crippen LogP contribution in [0.5, 0.6) is 0 Å². The number of aryl methyl sites for hydroxylation is 1. The van der Waals surface area contributed by atoms with Crippen molar-refractivity contribution in [2.75, 3.05) is 5.88 Å². The van der Waals surface area contributed by atoms with Crippen molar-refractivity contribution < 1.29 is 4.79 Å². The topological polar surface area (TPSA) is 20.3 Å². The molecule has 2 nitrogen and oxygen atoms in total. The van der Waals surface area contributed by atoms with E-state index in [1.54, 1.807) is 0 Å². The Balaban J connectivity index is 2.07. The monoisotopic (exact) mass is 279 g/mol. The van der Waals surface area contributed by atoms with Crippen molar-refractivity contribution in [1.29, 1.82) is 0 Å². The van der Waals surface area contributed by atoms with Gasteiger partial charge in [-0.3, -0.25) is 4.79 Å². The summed E-state index contributed by atoms with van der Waals surface area (Å²) >= 11 is 5.75. The Bertz CT molecular complexity index is 409. The fourth-order valence-corrected chi connectivity index (χ4v) is 2.94. The van der Waals surface area contributed by atoms with Crippen LogP contribution in [0.1, 0.15) is 43.7 Å². The number of hydrogen-bond donors (Lipinski definition) is 0. The minimum absolute atomic E-state index is 0.0631. The second-order valence-corrected chi connectivity index (χ2v) is 5.53. The maximum atomic E-state index is 12.0. The summed E-state index contributed by atoms with van der Waals surface area (Å²) in [5.41, 5.74) is 2.53. The molecule has 0 aromatic heterocycles. The molecule has 0 unspecified atom stereocenters. The van der Waals surface area contributed by atoms with Gasteiger partial charge in [-0.15, -0.1) is 11.6 Å². The average Bonchev–Trinajstić information content (AvgIpc) is 2.98. The molecule has 0 spiro atoms. The van der Waals surface area contributed by atoms with Gasteiger partial charge in [0.15, 0.2) is 0 Å². The first-order chi connectivity index (χ1) is 9.24. The lowest BCUT2D eigenvalue weighted by atomic mass is 10.1. The molecule has 0 heterocycles. The molecule has 0 atom stereocenters. The third-order valence-corrected chi connectivity index (χ3v) is 4.21. The van der Waals surface area contributed by atoms with E-state index in [0.29, 0.717) is 12.6 Å². The molecule has 1 aliphatic carbocycles. The summed E-state index contributed by atoms with van der Waals surface area (Å²) in [6.45, 7) is 2.84. The van der Waals surface area contributed by atoms with Crippen LogP contribution in [0.2, 0.25) is 0 Å². The molecular formula is C16H22ClNO. The van der Waals surface area contributed by atoms with Gasteiger partial charge in [0.1, 0.15) is 5.88 Å². The van der Waals surface area contributed by atoms with Crippen LogP contribution in [-0.2, 0) is 17.8 Å². The van der Waals surface area contributed by atoms with Crippen molar-refractivity contribution in [3.8, 4) is 0 Å². The van der Waals surface area contributed by atoms with Crippen molar-refractivity contribution in [3.63, 3.8) is 0 Å². The van der Waals surface area contributed by atoms with E-state index in [0.717, 1.165) is 19.3 Å². The molecule has 1 aromatic carbocycles. The normalized spacial score (nSPS) is 15.7. The van der Waals surface area contributed by atoms with Crippen molar-refractivity contribution in [1.82, 2.24) is 4.90 Å². The van der Waals surface area contributed by atoms with Crippen LogP contribution in [0.4, 0.5) is 0 Å². The molecule has 0 saturated heterocycles. The number of alkyl halides is 1. The Morgan fingerprint density at radius 2 is 1.79 bits per heavy atom. The van der Waals surface area contributed by atoms with Crippen molar-refractivity contribution in [2.45, 2.75) is 51.6 Å². The third kappa shape index (κ3) is 3.73. The van der Waals surface area contributed by atoms with Crippen LogP contribution in [0.15, 0.2) is 24.3 Å². The zero-order valence-electron chi connectivity index (χ0n) is 11.6. The fourth-order valence-electron chi connectivity index (χ4n) is 2.79. The van der Waals surface area contributed by atoms with Gasteiger partial charge in [0, 0.05) is 12.6 Å². The van der Waals surface area contributed by atoms with Crippen molar-refractivity contribution in [2.24, 2.45) is 0 Å². The highest BCUT2D eigenvalue weighted by molar-refractivity contribution is 6.27. The van der Waals surface area contributed by atoms with E-state index >= 15 is 0 Å². The number of nitrogens with zero attached hydrogens (tertiary/aromatic N) is 1. The van der Waals surface area contributed by atoms with Crippen molar-refractivity contribution >= 4 is 17.5 Å². The lowest BCUT2D eigenvalue weighted by Crippen LogP contribution is -2.39. The first-order valence-electron chi connectivity index (χ1n) is 7.18. The maximum absolute atomic E-state index is 12.0. The molecule has 104 valence electrons. The molecular weight excluding hydrogens is 258 g/mol. The molecule has 19 heavy (non-hydrogen) atoms. The lowest BCUT2D eigenvalue weighted by molar-refractivity contribution is -0.131. The van der Waals surface area contributed by atoms with Crippen LogP contribution in [-0.4, -0.2) is 22.7 Å². The van der Waals surface area contributed by atoms with Gasteiger partial charge in [0.2, 0.25) is 5.91 Å². The van der Waals surface area contributed by atoms with Gasteiger partial charge in [0.25, 0.3) is 0 Å². The molecule has 1 aromatic rings. The predicted molar refractivity (Wildman–Crippen MR) is 79.3 cm³/mol. The second-order valence-electron chi connectivity index (χ2n) is 5.26. The number of rotatable bonds is 5. The molecule has 3 heteroatoms. The van der Waals surface area contributed by atoms with Gasteiger partial charge < -0.3 is 4.90 Å². The standard InChI is InChI=1S/C16H22ClNO/c1-2-13-7-9-14(10-8-13)12-18(16(19)11-17)15-5-3-4-6-15/h7-10,15H,2-6,11-12H2,1H3.